The number of hydrogen-bond acceptors (Lipinski definition) is 5. The number of benzene rings is 1. The third kappa shape index (κ3) is 3.35. The summed E-state index contributed by atoms with van der Waals surface area (Å²) in [7, 11) is 2.06. The Kier molecular flexibility index (Phi) is 4.32. The first-order chi connectivity index (χ1) is 11.0. The van der Waals surface area contributed by atoms with Crippen LogP contribution in [0.2, 0.25) is 0 Å². The SMILES string of the molecule is CN1CCOC2(CCCN(C(=O)c3cccc([N+](=O)[O-])c3)C2)C1. The summed E-state index contributed by atoms with van der Waals surface area (Å²) in [6, 6.07) is 5.92. The second-order valence-corrected chi connectivity index (χ2v) is 6.41. The molecule has 7 nitrogen and oxygen atoms in total. The van der Waals surface area contributed by atoms with Crippen molar-refractivity contribution in [2.75, 3.05) is 39.8 Å². The third-order valence-corrected chi connectivity index (χ3v) is 4.57. The maximum absolute atomic E-state index is 12.7. The molecule has 1 aromatic rings. The molecule has 1 amide bonds. The lowest BCUT2D eigenvalue weighted by Gasteiger charge is -2.47. The van der Waals surface area contributed by atoms with Gasteiger partial charge >= 0.3 is 0 Å². The number of piperidine rings is 1. The van der Waals surface area contributed by atoms with Crippen molar-refractivity contribution in [2.45, 2.75) is 18.4 Å². The normalized spacial score (nSPS) is 25.5. The average molecular weight is 319 g/mol. The monoisotopic (exact) mass is 319 g/mol. The predicted molar refractivity (Wildman–Crippen MR) is 84.4 cm³/mol. The summed E-state index contributed by atoms with van der Waals surface area (Å²) >= 11 is 0. The van der Waals surface area contributed by atoms with Gasteiger partial charge in [0.1, 0.15) is 0 Å². The predicted octanol–water partition coefficient (Wildman–Crippen LogP) is 1.53. The highest BCUT2D eigenvalue weighted by Gasteiger charge is 2.41. The Hall–Kier alpha value is -1.99. The van der Waals surface area contributed by atoms with Crippen LogP contribution in [0, 0.1) is 10.1 Å². The van der Waals surface area contributed by atoms with Gasteiger partial charge in [-0.25, -0.2) is 0 Å². The van der Waals surface area contributed by atoms with Gasteiger partial charge < -0.3 is 14.5 Å². The lowest BCUT2D eigenvalue weighted by atomic mass is 9.90. The van der Waals surface area contributed by atoms with Crippen molar-refractivity contribution in [3.63, 3.8) is 0 Å². The molecule has 2 saturated heterocycles. The van der Waals surface area contributed by atoms with Crippen molar-refractivity contribution in [3.05, 3.63) is 39.9 Å². The fourth-order valence-electron chi connectivity index (χ4n) is 3.49. The summed E-state index contributed by atoms with van der Waals surface area (Å²) in [5.41, 5.74) is -0.00150. The van der Waals surface area contributed by atoms with Gasteiger partial charge in [-0.15, -0.1) is 0 Å². The number of carbonyl (C=O) groups is 1. The first kappa shape index (κ1) is 15.9. The van der Waals surface area contributed by atoms with Crippen molar-refractivity contribution in [1.29, 1.82) is 0 Å². The molecule has 0 radical (unpaired) electrons. The van der Waals surface area contributed by atoms with Gasteiger partial charge in [-0.05, 0) is 26.0 Å². The van der Waals surface area contributed by atoms with Crippen LogP contribution in [-0.4, -0.2) is 66.1 Å². The van der Waals surface area contributed by atoms with Gasteiger partial charge in [-0.3, -0.25) is 14.9 Å². The minimum atomic E-state index is -0.478. The van der Waals surface area contributed by atoms with Crippen LogP contribution in [0.5, 0.6) is 0 Å². The zero-order valence-corrected chi connectivity index (χ0v) is 13.2. The Balaban J connectivity index is 1.77. The first-order valence-corrected chi connectivity index (χ1v) is 7.85. The van der Waals surface area contributed by atoms with E-state index < -0.39 is 4.92 Å². The van der Waals surface area contributed by atoms with Gasteiger partial charge in [-0.1, -0.05) is 6.07 Å². The number of rotatable bonds is 2. The molecule has 1 atom stereocenters. The summed E-state index contributed by atoms with van der Waals surface area (Å²) in [4.78, 5) is 27.1. The number of non-ortho nitro benzene ring substituents is 1. The number of morpholine rings is 1. The van der Waals surface area contributed by atoms with Crippen LogP contribution in [0.1, 0.15) is 23.2 Å². The fraction of sp³-hybridized carbons (Fsp3) is 0.562. The molecule has 7 heteroatoms. The van der Waals surface area contributed by atoms with Crippen molar-refractivity contribution in [2.24, 2.45) is 0 Å². The second-order valence-electron chi connectivity index (χ2n) is 6.41. The zero-order valence-electron chi connectivity index (χ0n) is 13.2. The van der Waals surface area contributed by atoms with Crippen LogP contribution < -0.4 is 0 Å². The molecule has 0 aromatic heterocycles. The molecule has 3 rings (SSSR count). The minimum absolute atomic E-state index is 0.0591. The molecule has 1 unspecified atom stereocenters. The molecule has 0 N–H and O–H groups in total. The number of ether oxygens (including phenoxy) is 1. The molecule has 2 aliphatic heterocycles. The number of nitro benzene ring substituents is 1. The average Bonchev–Trinajstić information content (AvgIpc) is 2.54. The summed E-state index contributed by atoms with van der Waals surface area (Å²) < 4.78 is 6.01. The number of nitrogens with zero attached hydrogens (tertiary/aromatic N) is 3. The Morgan fingerprint density at radius 2 is 2.17 bits per heavy atom. The summed E-state index contributed by atoms with van der Waals surface area (Å²) in [6.07, 6.45) is 1.82. The molecular formula is C16H21N3O4. The number of amides is 1. The van der Waals surface area contributed by atoms with Crippen LogP contribution in [0.15, 0.2) is 24.3 Å². The molecule has 23 heavy (non-hydrogen) atoms. The van der Waals surface area contributed by atoms with E-state index in [1.165, 1.54) is 12.1 Å². The Morgan fingerprint density at radius 3 is 2.91 bits per heavy atom. The Labute approximate surface area is 135 Å². The molecule has 2 aliphatic rings. The first-order valence-electron chi connectivity index (χ1n) is 7.85. The van der Waals surface area contributed by atoms with Crippen molar-refractivity contribution in [1.82, 2.24) is 9.80 Å². The second kappa shape index (κ2) is 6.25. The van der Waals surface area contributed by atoms with E-state index in [4.69, 9.17) is 4.74 Å². The van der Waals surface area contributed by atoms with E-state index in [9.17, 15) is 14.9 Å². The van der Waals surface area contributed by atoms with Gasteiger partial charge in [0.15, 0.2) is 0 Å². The van der Waals surface area contributed by atoms with Crippen LogP contribution in [0.4, 0.5) is 5.69 Å². The van der Waals surface area contributed by atoms with Crippen LogP contribution >= 0.6 is 0 Å². The van der Waals surface area contributed by atoms with Gasteiger partial charge in [0.05, 0.1) is 23.7 Å². The summed E-state index contributed by atoms with van der Waals surface area (Å²) in [6.45, 7) is 3.59. The number of likely N-dealkylation sites (N-methyl/N-ethyl adjacent to an activating group) is 1. The minimum Gasteiger partial charge on any atom is -0.370 e. The highest BCUT2D eigenvalue weighted by atomic mass is 16.6. The number of hydrogen-bond donors (Lipinski definition) is 0. The Morgan fingerprint density at radius 1 is 1.35 bits per heavy atom. The zero-order chi connectivity index (χ0) is 16.4. The van der Waals surface area contributed by atoms with Crippen LogP contribution in [0.3, 0.4) is 0 Å². The van der Waals surface area contributed by atoms with E-state index >= 15 is 0 Å². The van der Waals surface area contributed by atoms with E-state index in [-0.39, 0.29) is 17.2 Å². The largest absolute Gasteiger partial charge is 0.370 e. The molecule has 0 bridgehead atoms. The van der Waals surface area contributed by atoms with Crippen molar-refractivity contribution in [3.8, 4) is 0 Å². The lowest BCUT2D eigenvalue weighted by molar-refractivity contribution is -0.384. The molecule has 2 fully saturated rings. The topological polar surface area (TPSA) is 75.9 Å². The van der Waals surface area contributed by atoms with Gasteiger partial charge in [0.2, 0.25) is 0 Å². The number of nitro groups is 1. The lowest BCUT2D eigenvalue weighted by Crippen LogP contribution is -2.59. The van der Waals surface area contributed by atoms with Gasteiger partial charge in [-0.2, -0.15) is 0 Å². The van der Waals surface area contributed by atoms with E-state index in [2.05, 4.69) is 11.9 Å². The quantitative estimate of drug-likeness (QED) is 0.610. The molecule has 1 spiro atoms. The summed E-state index contributed by atoms with van der Waals surface area (Å²) in [5.74, 6) is -0.162. The van der Waals surface area contributed by atoms with Crippen LogP contribution in [0.25, 0.3) is 0 Å². The van der Waals surface area contributed by atoms with E-state index in [1.54, 1.807) is 17.0 Å². The standard InChI is InChI=1S/C16H21N3O4/c1-17-8-9-23-16(11-17)6-3-7-18(12-16)15(20)13-4-2-5-14(10-13)19(21)22/h2,4-5,10H,3,6-9,11-12H2,1H3. The third-order valence-electron chi connectivity index (χ3n) is 4.57. The van der Waals surface area contributed by atoms with Gasteiger partial charge in [0.25, 0.3) is 11.6 Å². The van der Waals surface area contributed by atoms with Crippen LogP contribution in [-0.2, 0) is 4.74 Å². The number of carbonyl (C=O) groups excluding carboxylic acids is 1. The fourth-order valence-corrected chi connectivity index (χ4v) is 3.49. The summed E-state index contributed by atoms with van der Waals surface area (Å²) in [5, 5.41) is 10.9. The van der Waals surface area contributed by atoms with Crippen molar-refractivity contribution < 1.29 is 14.5 Å². The molecule has 0 aliphatic carbocycles. The van der Waals surface area contributed by atoms with E-state index in [0.29, 0.717) is 25.3 Å². The maximum atomic E-state index is 12.7. The van der Waals surface area contributed by atoms with E-state index in [1.807, 2.05) is 0 Å². The van der Waals surface area contributed by atoms with E-state index in [0.717, 1.165) is 25.9 Å². The number of likely N-dealkylation sites (tertiary alicyclic amines) is 1. The van der Waals surface area contributed by atoms with Crippen molar-refractivity contribution >= 4 is 11.6 Å². The molecule has 124 valence electrons. The maximum Gasteiger partial charge on any atom is 0.270 e. The molecule has 1 aromatic carbocycles. The van der Waals surface area contributed by atoms with Gasteiger partial charge in [0, 0.05) is 37.3 Å². The Bertz CT molecular complexity index is 617. The molecule has 2 heterocycles. The smallest absolute Gasteiger partial charge is 0.270 e. The molecule has 0 saturated carbocycles. The molecular weight excluding hydrogens is 298 g/mol. The highest BCUT2D eigenvalue weighted by Crippen LogP contribution is 2.29. The highest BCUT2D eigenvalue weighted by molar-refractivity contribution is 5.95.